The van der Waals surface area contributed by atoms with E-state index in [0.717, 1.165) is 15.9 Å². The molecule has 0 spiro atoms. The highest BCUT2D eigenvalue weighted by Crippen LogP contribution is 2.17. The maximum Gasteiger partial charge on any atom is 0.348 e. The Bertz CT molecular complexity index is 651. The molecule has 0 unspecified atom stereocenters. The number of aromatic nitrogens is 3. The second-order valence-electron chi connectivity index (χ2n) is 4.02. The molecule has 0 atom stereocenters. The van der Waals surface area contributed by atoms with Crippen LogP contribution in [0.3, 0.4) is 0 Å². The molecular formula is C12H13BrN4O. The van der Waals surface area contributed by atoms with Gasteiger partial charge in [-0.05, 0) is 41.9 Å². The van der Waals surface area contributed by atoms with Gasteiger partial charge in [0.05, 0.1) is 22.4 Å². The number of pyridine rings is 1. The summed E-state index contributed by atoms with van der Waals surface area (Å²) in [5, 5.41) is 0. The predicted octanol–water partition coefficient (Wildman–Crippen LogP) is 1.65. The molecule has 2 rings (SSSR count). The van der Waals surface area contributed by atoms with Gasteiger partial charge >= 0.3 is 5.69 Å². The second-order valence-corrected chi connectivity index (χ2v) is 4.81. The van der Waals surface area contributed by atoms with Gasteiger partial charge in [0, 0.05) is 5.69 Å². The molecule has 2 aromatic rings. The van der Waals surface area contributed by atoms with E-state index in [2.05, 4.69) is 25.9 Å². The molecule has 0 aliphatic rings. The summed E-state index contributed by atoms with van der Waals surface area (Å²) in [6.07, 6.45) is 0. The summed E-state index contributed by atoms with van der Waals surface area (Å²) in [5.74, 6) is 0.442. The van der Waals surface area contributed by atoms with E-state index in [-0.39, 0.29) is 5.69 Å². The van der Waals surface area contributed by atoms with E-state index in [1.807, 2.05) is 19.1 Å². The number of halogens is 1. The van der Waals surface area contributed by atoms with Gasteiger partial charge in [0.15, 0.2) is 0 Å². The standard InChI is InChI=1S/C12H13BrN4O/c1-7-11(13)8(2)17(12(18)15-7)6-9-4-3-5-10(14)16-9/h3-5H,6H2,1-2H3,(H2,14,16). The monoisotopic (exact) mass is 308 g/mol. The van der Waals surface area contributed by atoms with Crippen molar-refractivity contribution in [2.24, 2.45) is 0 Å². The van der Waals surface area contributed by atoms with Crippen LogP contribution in [0.25, 0.3) is 0 Å². The highest BCUT2D eigenvalue weighted by atomic mass is 79.9. The fraction of sp³-hybridized carbons (Fsp3) is 0.250. The van der Waals surface area contributed by atoms with Crippen molar-refractivity contribution in [3.63, 3.8) is 0 Å². The van der Waals surface area contributed by atoms with Crippen LogP contribution in [0.4, 0.5) is 5.82 Å². The Hall–Kier alpha value is -1.69. The third-order valence-electron chi connectivity index (χ3n) is 2.68. The Kier molecular flexibility index (Phi) is 3.47. The second kappa shape index (κ2) is 4.89. The number of hydrogen-bond donors (Lipinski definition) is 1. The van der Waals surface area contributed by atoms with Crippen molar-refractivity contribution in [1.82, 2.24) is 14.5 Å². The largest absolute Gasteiger partial charge is 0.384 e. The topological polar surface area (TPSA) is 73.8 Å². The lowest BCUT2D eigenvalue weighted by atomic mass is 10.3. The van der Waals surface area contributed by atoms with E-state index in [1.165, 1.54) is 0 Å². The van der Waals surface area contributed by atoms with Gasteiger partial charge in [0.2, 0.25) is 0 Å². The van der Waals surface area contributed by atoms with E-state index in [4.69, 9.17) is 5.73 Å². The van der Waals surface area contributed by atoms with Gasteiger partial charge in [-0.1, -0.05) is 6.07 Å². The van der Waals surface area contributed by atoms with Gasteiger partial charge in [-0.3, -0.25) is 4.57 Å². The molecule has 18 heavy (non-hydrogen) atoms. The normalized spacial score (nSPS) is 10.6. The highest BCUT2D eigenvalue weighted by molar-refractivity contribution is 9.10. The zero-order valence-corrected chi connectivity index (χ0v) is 11.7. The zero-order valence-electron chi connectivity index (χ0n) is 10.1. The highest BCUT2D eigenvalue weighted by Gasteiger charge is 2.10. The summed E-state index contributed by atoms with van der Waals surface area (Å²) in [6.45, 7) is 4.02. The van der Waals surface area contributed by atoms with Gasteiger partial charge in [0.25, 0.3) is 0 Å². The summed E-state index contributed by atoms with van der Waals surface area (Å²) in [6, 6.07) is 5.35. The van der Waals surface area contributed by atoms with Crippen LogP contribution >= 0.6 is 15.9 Å². The number of aryl methyl sites for hydroxylation is 1. The van der Waals surface area contributed by atoms with Gasteiger partial charge in [0.1, 0.15) is 5.82 Å². The minimum atomic E-state index is -0.280. The van der Waals surface area contributed by atoms with Crippen molar-refractivity contribution in [2.75, 3.05) is 5.73 Å². The Morgan fingerprint density at radius 3 is 2.72 bits per heavy atom. The van der Waals surface area contributed by atoms with Crippen LogP contribution < -0.4 is 11.4 Å². The van der Waals surface area contributed by atoms with Crippen molar-refractivity contribution in [3.05, 3.63) is 50.2 Å². The molecule has 0 aliphatic carbocycles. The van der Waals surface area contributed by atoms with Crippen LogP contribution in [0, 0.1) is 13.8 Å². The maximum atomic E-state index is 11.9. The molecule has 0 aromatic carbocycles. The van der Waals surface area contributed by atoms with E-state index < -0.39 is 0 Å². The Morgan fingerprint density at radius 2 is 2.06 bits per heavy atom. The van der Waals surface area contributed by atoms with Crippen molar-refractivity contribution in [3.8, 4) is 0 Å². The molecule has 2 N–H and O–H groups in total. The molecule has 5 nitrogen and oxygen atoms in total. The fourth-order valence-corrected chi connectivity index (χ4v) is 2.01. The first-order valence-corrected chi connectivity index (χ1v) is 6.23. The summed E-state index contributed by atoms with van der Waals surface area (Å²) < 4.78 is 2.41. The SMILES string of the molecule is Cc1nc(=O)n(Cc2cccc(N)n2)c(C)c1Br. The third kappa shape index (κ3) is 2.43. The first kappa shape index (κ1) is 12.8. The molecule has 0 bridgehead atoms. The number of hydrogen-bond acceptors (Lipinski definition) is 4. The molecule has 6 heteroatoms. The molecule has 94 valence electrons. The minimum Gasteiger partial charge on any atom is -0.384 e. The van der Waals surface area contributed by atoms with Crippen molar-refractivity contribution < 1.29 is 0 Å². The fourth-order valence-electron chi connectivity index (χ4n) is 1.71. The van der Waals surface area contributed by atoms with Crippen LogP contribution in [0.15, 0.2) is 27.5 Å². The quantitative estimate of drug-likeness (QED) is 0.915. The molecule has 2 aromatic heterocycles. The van der Waals surface area contributed by atoms with Crippen molar-refractivity contribution in [1.29, 1.82) is 0 Å². The summed E-state index contributed by atoms with van der Waals surface area (Å²) in [5.41, 5.74) is 7.59. The number of nitrogens with zero attached hydrogens (tertiary/aromatic N) is 3. The van der Waals surface area contributed by atoms with Gasteiger partial charge in [-0.15, -0.1) is 0 Å². The Labute approximate surface area is 113 Å². The number of rotatable bonds is 2. The molecule has 0 fully saturated rings. The van der Waals surface area contributed by atoms with Crippen molar-refractivity contribution >= 4 is 21.7 Å². The number of nitrogens with two attached hydrogens (primary N) is 1. The molecule has 0 aliphatic heterocycles. The molecule has 2 heterocycles. The summed E-state index contributed by atoms with van der Waals surface area (Å²) >= 11 is 3.42. The van der Waals surface area contributed by atoms with Gasteiger partial charge in [-0.25, -0.2) is 9.78 Å². The zero-order chi connectivity index (χ0) is 13.3. The van der Waals surface area contributed by atoms with Crippen LogP contribution in [0.1, 0.15) is 17.1 Å². The lowest BCUT2D eigenvalue weighted by Gasteiger charge is -2.11. The molecule has 0 saturated heterocycles. The predicted molar refractivity (Wildman–Crippen MR) is 73.4 cm³/mol. The molecular weight excluding hydrogens is 296 g/mol. The lowest BCUT2D eigenvalue weighted by molar-refractivity contribution is 0.676. The Morgan fingerprint density at radius 1 is 1.33 bits per heavy atom. The smallest absolute Gasteiger partial charge is 0.348 e. The van der Waals surface area contributed by atoms with E-state index >= 15 is 0 Å². The number of nitrogen functional groups attached to an aromatic ring is 1. The molecule has 0 radical (unpaired) electrons. The van der Waals surface area contributed by atoms with E-state index in [9.17, 15) is 4.79 Å². The maximum absolute atomic E-state index is 11.9. The average Bonchev–Trinajstić information content (AvgIpc) is 2.32. The minimum absolute atomic E-state index is 0.280. The average molecular weight is 309 g/mol. The first-order valence-electron chi connectivity index (χ1n) is 5.44. The third-order valence-corrected chi connectivity index (χ3v) is 3.83. The number of anilines is 1. The van der Waals surface area contributed by atoms with Gasteiger partial charge < -0.3 is 5.73 Å². The summed E-state index contributed by atoms with van der Waals surface area (Å²) in [4.78, 5) is 20.0. The molecule has 0 saturated carbocycles. The summed E-state index contributed by atoms with van der Waals surface area (Å²) in [7, 11) is 0. The van der Waals surface area contributed by atoms with Crippen LogP contribution in [-0.4, -0.2) is 14.5 Å². The molecule has 0 amide bonds. The van der Waals surface area contributed by atoms with Crippen LogP contribution in [-0.2, 0) is 6.54 Å². The van der Waals surface area contributed by atoms with E-state index in [0.29, 0.717) is 18.1 Å². The van der Waals surface area contributed by atoms with Crippen LogP contribution in [0.5, 0.6) is 0 Å². The lowest BCUT2D eigenvalue weighted by Crippen LogP contribution is -2.27. The Balaban J connectivity index is 2.47. The first-order chi connectivity index (χ1) is 8.49. The van der Waals surface area contributed by atoms with Crippen LogP contribution in [0.2, 0.25) is 0 Å². The van der Waals surface area contributed by atoms with Gasteiger partial charge in [-0.2, -0.15) is 4.98 Å². The van der Waals surface area contributed by atoms with E-state index in [1.54, 1.807) is 17.6 Å². The van der Waals surface area contributed by atoms with Crippen molar-refractivity contribution in [2.45, 2.75) is 20.4 Å².